The van der Waals surface area contributed by atoms with Gasteiger partial charge in [0.25, 0.3) is 5.91 Å². The molecule has 0 aliphatic rings. The van der Waals surface area contributed by atoms with Crippen molar-refractivity contribution in [1.29, 1.82) is 0 Å². The molecule has 3 nitrogen and oxygen atoms in total. The van der Waals surface area contributed by atoms with Gasteiger partial charge in [-0.3, -0.25) is 4.79 Å². The van der Waals surface area contributed by atoms with Crippen molar-refractivity contribution >= 4 is 21.8 Å². The number of hydrogen-bond donors (Lipinski definition) is 1. The Labute approximate surface area is 121 Å². The molecule has 2 rings (SSSR count). The number of carbonyl (C=O) groups excluding carboxylic acids is 1. The van der Waals surface area contributed by atoms with E-state index in [1.807, 2.05) is 18.2 Å². The number of halogens is 1. The van der Waals surface area contributed by atoms with E-state index in [0.717, 1.165) is 6.42 Å². The zero-order valence-corrected chi connectivity index (χ0v) is 12.3. The third-order valence-corrected chi connectivity index (χ3v) is 3.73. The molecule has 0 saturated heterocycles. The fraction of sp³-hybridized carbons (Fsp3) is 0.267. The lowest BCUT2D eigenvalue weighted by molar-refractivity contribution is 0.0939. The van der Waals surface area contributed by atoms with Gasteiger partial charge in [0.2, 0.25) is 0 Å². The highest BCUT2D eigenvalue weighted by Crippen LogP contribution is 2.10. The van der Waals surface area contributed by atoms with Crippen molar-refractivity contribution in [2.24, 2.45) is 0 Å². The van der Waals surface area contributed by atoms with E-state index in [1.165, 1.54) is 11.8 Å². The summed E-state index contributed by atoms with van der Waals surface area (Å²) in [6.45, 7) is 1.79. The van der Waals surface area contributed by atoms with Crippen LogP contribution in [0.3, 0.4) is 0 Å². The predicted octanol–water partition coefficient (Wildman–Crippen LogP) is 3.32. The SMILES string of the molecule is Cc1occc1C(=O)NC(CBr)Cc1ccccc1. The van der Waals surface area contributed by atoms with Gasteiger partial charge in [-0.05, 0) is 25.0 Å². The van der Waals surface area contributed by atoms with Crippen molar-refractivity contribution < 1.29 is 9.21 Å². The highest BCUT2D eigenvalue weighted by Gasteiger charge is 2.16. The van der Waals surface area contributed by atoms with Crippen LogP contribution in [0.25, 0.3) is 0 Å². The number of nitrogens with one attached hydrogen (secondary N) is 1. The minimum Gasteiger partial charge on any atom is -0.469 e. The first kappa shape index (κ1) is 13.9. The Balaban J connectivity index is 2.00. The molecule has 0 spiro atoms. The van der Waals surface area contributed by atoms with Crippen LogP contribution in [-0.2, 0) is 6.42 Å². The normalized spacial score (nSPS) is 12.1. The zero-order chi connectivity index (χ0) is 13.7. The number of amides is 1. The molecule has 4 heteroatoms. The van der Waals surface area contributed by atoms with Crippen LogP contribution in [0.4, 0.5) is 0 Å². The highest BCUT2D eigenvalue weighted by molar-refractivity contribution is 9.09. The van der Waals surface area contributed by atoms with Crippen molar-refractivity contribution in [3.8, 4) is 0 Å². The summed E-state index contributed by atoms with van der Waals surface area (Å²) in [6.07, 6.45) is 2.33. The molecule has 0 fully saturated rings. The molecule has 1 aromatic carbocycles. The zero-order valence-electron chi connectivity index (χ0n) is 10.7. The van der Waals surface area contributed by atoms with Crippen LogP contribution in [0.15, 0.2) is 47.1 Å². The molecule has 1 N–H and O–H groups in total. The van der Waals surface area contributed by atoms with Crippen molar-refractivity contribution in [3.63, 3.8) is 0 Å². The van der Waals surface area contributed by atoms with E-state index in [-0.39, 0.29) is 11.9 Å². The van der Waals surface area contributed by atoms with Crippen LogP contribution in [0.2, 0.25) is 0 Å². The average molecular weight is 322 g/mol. The van der Waals surface area contributed by atoms with E-state index in [1.54, 1.807) is 13.0 Å². The maximum atomic E-state index is 12.1. The first-order valence-electron chi connectivity index (χ1n) is 6.15. The maximum Gasteiger partial charge on any atom is 0.255 e. The van der Waals surface area contributed by atoms with Crippen LogP contribution in [0.1, 0.15) is 21.7 Å². The van der Waals surface area contributed by atoms with Gasteiger partial charge in [-0.1, -0.05) is 46.3 Å². The second-order valence-electron chi connectivity index (χ2n) is 4.40. The molecule has 19 heavy (non-hydrogen) atoms. The van der Waals surface area contributed by atoms with E-state index in [4.69, 9.17) is 4.42 Å². The summed E-state index contributed by atoms with van der Waals surface area (Å²) in [6, 6.07) is 11.9. The van der Waals surface area contributed by atoms with Crippen LogP contribution < -0.4 is 5.32 Å². The van der Waals surface area contributed by atoms with E-state index >= 15 is 0 Å². The molecule has 1 heterocycles. The van der Waals surface area contributed by atoms with Crippen molar-refractivity contribution in [1.82, 2.24) is 5.32 Å². The third kappa shape index (κ3) is 3.70. The maximum absolute atomic E-state index is 12.1. The quantitative estimate of drug-likeness (QED) is 0.858. The summed E-state index contributed by atoms with van der Waals surface area (Å²) in [5.41, 5.74) is 1.80. The molecule has 0 aliphatic carbocycles. The first-order chi connectivity index (χ1) is 9.20. The van der Waals surface area contributed by atoms with E-state index in [2.05, 4.69) is 33.4 Å². The molecule has 0 bridgehead atoms. The van der Waals surface area contributed by atoms with Gasteiger partial charge in [0, 0.05) is 11.4 Å². The van der Waals surface area contributed by atoms with Crippen LogP contribution in [-0.4, -0.2) is 17.3 Å². The van der Waals surface area contributed by atoms with Gasteiger partial charge in [0.15, 0.2) is 0 Å². The molecule has 0 radical (unpaired) electrons. The summed E-state index contributed by atoms with van der Waals surface area (Å²) in [7, 11) is 0. The number of benzene rings is 1. The fourth-order valence-electron chi connectivity index (χ4n) is 1.93. The minimum absolute atomic E-state index is 0.0594. The Bertz CT molecular complexity index is 536. The molecule has 2 aromatic rings. The average Bonchev–Trinajstić information content (AvgIpc) is 2.85. The summed E-state index contributed by atoms with van der Waals surface area (Å²) in [5, 5.41) is 3.73. The Morgan fingerprint density at radius 2 is 2.05 bits per heavy atom. The Morgan fingerprint density at radius 1 is 1.32 bits per heavy atom. The van der Waals surface area contributed by atoms with Crippen molar-refractivity contribution in [3.05, 3.63) is 59.5 Å². The molecule has 0 aliphatic heterocycles. The van der Waals surface area contributed by atoms with E-state index in [0.29, 0.717) is 16.7 Å². The van der Waals surface area contributed by atoms with Crippen molar-refractivity contribution in [2.75, 3.05) is 5.33 Å². The largest absolute Gasteiger partial charge is 0.469 e. The summed E-state index contributed by atoms with van der Waals surface area (Å²) in [4.78, 5) is 12.1. The number of hydrogen-bond acceptors (Lipinski definition) is 2. The van der Waals surface area contributed by atoms with Crippen molar-refractivity contribution in [2.45, 2.75) is 19.4 Å². The van der Waals surface area contributed by atoms with Crippen LogP contribution >= 0.6 is 15.9 Å². The molecule has 100 valence electrons. The smallest absolute Gasteiger partial charge is 0.255 e. The Morgan fingerprint density at radius 3 is 2.63 bits per heavy atom. The lowest BCUT2D eigenvalue weighted by atomic mass is 10.1. The molecular weight excluding hydrogens is 306 g/mol. The van der Waals surface area contributed by atoms with Gasteiger partial charge in [-0.25, -0.2) is 0 Å². The van der Waals surface area contributed by atoms with Gasteiger partial charge in [0.05, 0.1) is 11.8 Å². The second-order valence-corrected chi connectivity index (χ2v) is 5.05. The number of aryl methyl sites for hydroxylation is 1. The number of rotatable bonds is 5. The van der Waals surface area contributed by atoms with E-state index < -0.39 is 0 Å². The lowest BCUT2D eigenvalue weighted by Crippen LogP contribution is -2.37. The van der Waals surface area contributed by atoms with Crippen LogP contribution in [0.5, 0.6) is 0 Å². The lowest BCUT2D eigenvalue weighted by Gasteiger charge is -2.16. The van der Waals surface area contributed by atoms with Gasteiger partial charge in [-0.2, -0.15) is 0 Å². The van der Waals surface area contributed by atoms with Gasteiger partial charge < -0.3 is 9.73 Å². The topological polar surface area (TPSA) is 42.2 Å². The van der Waals surface area contributed by atoms with Gasteiger partial charge >= 0.3 is 0 Å². The van der Waals surface area contributed by atoms with Gasteiger partial charge in [-0.15, -0.1) is 0 Å². The Kier molecular flexibility index (Phi) is 4.80. The molecule has 1 amide bonds. The van der Waals surface area contributed by atoms with E-state index in [9.17, 15) is 4.79 Å². The highest BCUT2D eigenvalue weighted by atomic mass is 79.9. The summed E-state index contributed by atoms with van der Waals surface area (Å²) in [5.74, 6) is 0.553. The number of furan rings is 1. The number of alkyl halides is 1. The molecule has 1 atom stereocenters. The molecule has 1 aromatic heterocycles. The monoisotopic (exact) mass is 321 g/mol. The molecule has 0 saturated carbocycles. The fourth-order valence-corrected chi connectivity index (χ4v) is 2.32. The first-order valence-corrected chi connectivity index (χ1v) is 7.27. The number of carbonyl (C=O) groups is 1. The summed E-state index contributed by atoms with van der Waals surface area (Å²) < 4.78 is 5.15. The van der Waals surface area contributed by atoms with Gasteiger partial charge in [0.1, 0.15) is 5.76 Å². The molecule has 1 unspecified atom stereocenters. The second kappa shape index (κ2) is 6.57. The molecular formula is C15H16BrNO2. The minimum atomic E-state index is -0.0911. The van der Waals surface area contributed by atoms with Crippen LogP contribution in [0, 0.1) is 6.92 Å². The standard InChI is InChI=1S/C15H16BrNO2/c1-11-14(7-8-19-11)15(18)17-13(10-16)9-12-5-3-2-4-6-12/h2-8,13H,9-10H2,1H3,(H,17,18). The predicted molar refractivity (Wildman–Crippen MR) is 78.6 cm³/mol. The third-order valence-electron chi connectivity index (χ3n) is 2.95. The summed E-state index contributed by atoms with van der Waals surface area (Å²) >= 11 is 3.45. The Hall–Kier alpha value is -1.55.